The highest BCUT2D eigenvalue weighted by Crippen LogP contribution is 2.16. The molecular formula is C9H15ClO2. The number of Topliss-reactive ketones (excluding diaryl/α,β-unsaturated/α-hetero) is 1. The van der Waals surface area contributed by atoms with E-state index in [2.05, 4.69) is 0 Å². The highest BCUT2D eigenvalue weighted by molar-refractivity contribution is 6.27. The highest BCUT2D eigenvalue weighted by atomic mass is 35.5. The van der Waals surface area contributed by atoms with Crippen LogP contribution in [-0.4, -0.2) is 24.4 Å². The summed E-state index contributed by atoms with van der Waals surface area (Å²) in [5.41, 5.74) is 0. The summed E-state index contributed by atoms with van der Waals surface area (Å²) in [7, 11) is 0. The lowest BCUT2D eigenvalue weighted by molar-refractivity contribution is -0.117. The van der Waals surface area contributed by atoms with E-state index in [1.165, 1.54) is 12.8 Å². The normalized spacial score (nSPS) is 23.9. The Morgan fingerprint density at radius 3 is 2.92 bits per heavy atom. The maximum absolute atomic E-state index is 10.9. The Kier molecular flexibility index (Phi) is 4.62. The van der Waals surface area contributed by atoms with Crippen LogP contribution in [0.3, 0.4) is 0 Å². The SMILES string of the molecule is O=C(CCl)CCC1CCCCO1. The molecule has 0 N–H and O–H groups in total. The molecule has 1 fully saturated rings. The van der Waals surface area contributed by atoms with E-state index in [9.17, 15) is 4.79 Å². The Hall–Kier alpha value is -0.0800. The Balaban J connectivity index is 2.09. The minimum atomic E-state index is 0.130. The third kappa shape index (κ3) is 3.55. The van der Waals surface area contributed by atoms with E-state index in [1.54, 1.807) is 0 Å². The van der Waals surface area contributed by atoms with Crippen molar-refractivity contribution in [3.05, 3.63) is 0 Å². The Labute approximate surface area is 78.2 Å². The smallest absolute Gasteiger partial charge is 0.147 e. The lowest BCUT2D eigenvalue weighted by atomic mass is 10.0. The summed E-state index contributed by atoms with van der Waals surface area (Å²) in [6.07, 6.45) is 5.25. The first-order chi connectivity index (χ1) is 5.83. The average molecular weight is 191 g/mol. The molecule has 0 saturated carbocycles. The van der Waals surface area contributed by atoms with Crippen molar-refractivity contribution in [2.75, 3.05) is 12.5 Å². The fourth-order valence-corrected chi connectivity index (χ4v) is 1.56. The first-order valence-corrected chi connectivity index (χ1v) is 5.05. The molecule has 1 rings (SSSR count). The van der Waals surface area contributed by atoms with Gasteiger partial charge in [0.1, 0.15) is 5.78 Å². The van der Waals surface area contributed by atoms with Gasteiger partial charge in [-0.25, -0.2) is 0 Å². The number of hydrogen-bond donors (Lipinski definition) is 0. The van der Waals surface area contributed by atoms with Gasteiger partial charge in [0.05, 0.1) is 12.0 Å². The third-order valence-electron chi connectivity index (χ3n) is 2.17. The first kappa shape index (κ1) is 10.0. The Morgan fingerprint density at radius 1 is 1.50 bits per heavy atom. The zero-order chi connectivity index (χ0) is 8.81. The molecule has 0 aromatic carbocycles. The number of carbonyl (C=O) groups is 1. The predicted octanol–water partition coefficient (Wildman–Crippen LogP) is 2.14. The molecule has 0 spiro atoms. The number of ether oxygens (including phenoxy) is 1. The summed E-state index contributed by atoms with van der Waals surface area (Å²) in [6.45, 7) is 0.861. The van der Waals surface area contributed by atoms with Crippen molar-refractivity contribution < 1.29 is 9.53 Å². The predicted molar refractivity (Wildman–Crippen MR) is 48.6 cm³/mol. The summed E-state index contributed by atoms with van der Waals surface area (Å²) >= 11 is 5.38. The van der Waals surface area contributed by atoms with Crippen LogP contribution in [0, 0.1) is 0 Å². The summed E-state index contributed by atoms with van der Waals surface area (Å²) < 4.78 is 5.48. The molecule has 1 atom stereocenters. The highest BCUT2D eigenvalue weighted by Gasteiger charge is 2.14. The molecule has 1 unspecified atom stereocenters. The molecule has 1 saturated heterocycles. The molecule has 0 radical (unpaired) electrons. The van der Waals surface area contributed by atoms with Gasteiger partial charge < -0.3 is 4.74 Å². The van der Waals surface area contributed by atoms with Crippen LogP contribution in [0.1, 0.15) is 32.1 Å². The Morgan fingerprint density at radius 2 is 2.33 bits per heavy atom. The van der Waals surface area contributed by atoms with Crippen LogP contribution in [0.15, 0.2) is 0 Å². The van der Waals surface area contributed by atoms with Crippen LogP contribution in [0.25, 0.3) is 0 Å². The molecule has 12 heavy (non-hydrogen) atoms. The first-order valence-electron chi connectivity index (χ1n) is 4.52. The number of alkyl halides is 1. The minimum Gasteiger partial charge on any atom is -0.378 e. The number of ketones is 1. The van der Waals surface area contributed by atoms with Crippen LogP contribution in [-0.2, 0) is 9.53 Å². The monoisotopic (exact) mass is 190 g/mol. The molecular weight excluding hydrogens is 176 g/mol. The molecule has 0 aliphatic carbocycles. The second kappa shape index (κ2) is 5.55. The van der Waals surface area contributed by atoms with E-state index < -0.39 is 0 Å². The van der Waals surface area contributed by atoms with Gasteiger partial charge in [0.15, 0.2) is 0 Å². The van der Waals surface area contributed by atoms with Crippen molar-refractivity contribution in [2.45, 2.75) is 38.2 Å². The molecule has 70 valence electrons. The minimum absolute atomic E-state index is 0.130. The topological polar surface area (TPSA) is 26.3 Å². The van der Waals surface area contributed by atoms with Crippen LogP contribution in [0.2, 0.25) is 0 Å². The quantitative estimate of drug-likeness (QED) is 0.635. The van der Waals surface area contributed by atoms with Gasteiger partial charge in [0.2, 0.25) is 0 Å². The average Bonchev–Trinajstić information content (AvgIpc) is 2.16. The van der Waals surface area contributed by atoms with E-state index in [1.807, 2.05) is 0 Å². The fourth-order valence-electron chi connectivity index (χ4n) is 1.42. The van der Waals surface area contributed by atoms with E-state index in [4.69, 9.17) is 16.3 Å². The second-order valence-electron chi connectivity index (χ2n) is 3.20. The molecule has 1 aliphatic rings. The fraction of sp³-hybridized carbons (Fsp3) is 0.889. The van der Waals surface area contributed by atoms with E-state index in [0.29, 0.717) is 12.5 Å². The van der Waals surface area contributed by atoms with Gasteiger partial charge in [-0.3, -0.25) is 4.79 Å². The van der Waals surface area contributed by atoms with Crippen molar-refractivity contribution in [3.63, 3.8) is 0 Å². The largest absolute Gasteiger partial charge is 0.378 e. The summed E-state index contributed by atoms with van der Waals surface area (Å²) in [5, 5.41) is 0. The van der Waals surface area contributed by atoms with Crippen molar-refractivity contribution in [1.82, 2.24) is 0 Å². The van der Waals surface area contributed by atoms with E-state index in [0.717, 1.165) is 19.4 Å². The third-order valence-corrected chi connectivity index (χ3v) is 2.47. The van der Waals surface area contributed by atoms with Crippen molar-refractivity contribution >= 4 is 17.4 Å². The van der Waals surface area contributed by atoms with Gasteiger partial charge in [-0.2, -0.15) is 0 Å². The lowest BCUT2D eigenvalue weighted by Gasteiger charge is -2.21. The van der Waals surface area contributed by atoms with Crippen LogP contribution in [0.5, 0.6) is 0 Å². The lowest BCUT2D eigenvalue weighted by Crippen LogP contribution is -2.20. The zero-order valence-electron chi connectivity index (χ0n) is 7.22. The summed E-state index contributed by atoms with van der Waals surface area (Å²) in [5.74, 6) is 0.276. The Bertz CT molecular complexity index is 141. The molecule has 1 aliphatic heterocycles. The van der Waals surface area contributed by atoms with E-state index >= 15 is 0 Å². The molecule has 1 heterocycles. The number of rotatable bonds is 4. The molecule has 3 heteroatoms. The van der Waals surface area contributed by atoms with Crippen molar-refractivity contribution in [1.29, 1.82) is 0 Å². The van der Waals surface area contributed by atoms with Crippen LogP contribution >= 0.6 is 11.6 Å². The summed E-state index contributed by atoms with van der Waals surface area (Å²) in [6, 6.07) is 0. The molecule has 0 amide bonds. The van der Waals surface area contributed by atoms with Crippen molar-refractivity contribution in [3.8, 4) is 0 Å². The maximum Gasteiger partial charge on any atom is 0.147 e. The van der Waals surface area contributed by atoms with Crippen LogP contribution < -0.4 is 0 Å². The van der Waals surface area contributed by atoms with Crippen molar-refractivity contribution in [2.24, 2.45) is 0 Å². The zero-order valence-corrected chi connectivity index (χ0v) is 7.98. The maximum atomic E-state index is 10.9. The molecule has 0 aromatic rings. The molecule has 0 bridgehead atoms. The number of hydrogen-bond acceptors (Lipinski definition) is 2. The van der Waals surface area contributed by atoms with E-state index in [-0.39, 0.29) is 11.7 Å². The number of carbonyl (C=O) groups excluding carboxylic acids is 1. The summed E-state index contributed by atoms with van der Waals surface area (Å²) in [4.78, 5) is 10.9. The standard InChI is InChI=1S/C9H15ClO2/c10-7-8(11)4-5-9-3-1-2-6-12-9/h9H,1-7H2. The van der Waals surface area contributed by atoms with Gasteiger partial charge in [-0.15, -0.1) is 11.6 Å². The van der Waals surface area contributed by atoms with Gasteiger partial charge in [0.25, 0.3) is 0 Å². The second-order valence-corrected chi connectivity index (χ2v) is 3.47. The molecule has 2 nitrogen and oxygen atoms in total. The van der Waals surface area contributed by atoms with Crippen LogP contribution in [0.4, 0.5) is 0 Å². The van der Waals surface area contributed by atoms with Gasteiger partial charge in [-0.05, 0) is 25.7 Å². The number of halogens is 1. The molecule has 0 aromatic heterocycles. The van der Waals surface area contributed by atoms with Gasteiger partial charge >= 0.3 is 0 Å². The van der Waals surface area contributed by atoms with Gasteiger partial charge in [-0.1, -0.05) is 0 Å². The van der Waals surface area contributed by atoms with Gasteiger partial charge in [0, 0.05) is 13.0 Å².